The molecule has 1 unspecified atom stereocenters. The zero-order valence-corrected chi connectivity index (χ0v) is 17.1. The van der Waals surface area contributed by atoms with Gasteiger partial charge in [0, 0.05) is 11.5 Å². The summed E-state index contributed by atoms with van der Waals surface area (Å²) in [6.07, 6.45) is 7.46. The van der Waals surface area contributed by atoms with Gasteiger partial charge in [0.05, 0.1) is 17.8 Å². The maximum absolute atomic E-state index is 12.1. The minimum atomic E-state index is -0.720. The van der Waals surface area contributed by atoms with Gasteiger partial charge in [-0.2, -0.15) is 0 Å². The topological polar surface area (TPSA) is 87.0 Å². The van der Waals surface area contributed by atoms with Crippen LogP contribution >= 0.6 is 0 Å². The molecule has 0 aromatic carbocycles. The number of hydrogen-bond donors (Lipinski definition) is 3. The molecule has 0 spiro atoms. The summed E-state index contributed by atoms with van der Waals surface area (Å²) in [6.45, 7) is 4.92. The Kier molecular flexibility index (Phi) is 4.12. The highest BCUT2D eigenvalue weighted by Gasteiger charge is 2.68. The zero-order valence-electron chi connectivity index (χ0n) is 17.1. The van der Waals surface area contributed by atoms with Crippen molar-refractivity contribution < 1.29 is 24.9 Å². The first kappa shape index (κ1) is 19.1. The molecule has 5 nitrogen and oxygen atoms in total. The second-order valence-corrected chi connectivity index (χ2v) is 10.9. The largest absolute Gasteiger partial charge is 0.458 e. The van der Waals surface area contributed by atoms with Crippen molar-refractivity contribution in [2.75, 3.05) is 6.61 Å². The molecule has 0 amide bonds. The lowest BCUT2D eigenvalue weighted by atomic mass is 9.43. The summed E-state index contributed by atoms with van der Waals surface area (Å²) in [4.78, 5) is 11.6. The van der Waals surface area contributed by atoms with E-state index in [-0.39, 0.29) is 28.6 Å². The third-order valence-electron chi connectivity index (χ3n) is 10.0. The number of hydrogen-bond acceptors (Lipinski definition) is 5. The van der Waals surface area contributed by atoms with E-state index in [9.17, 15) is 20.1 Å². The molecule has 0 aromatic heterocycles. The molecule has 5 aliphatic rings. The van der Waals surface area contributed by atoms with Crippen LogP contribution in [0.25, 0.3) is 0 Å². The van der Waals surface area contributed by atoms with Crippen LogP contribution in [0.2, 0.25) is 0 Å². The minimum Gasteiger partial charge on any atom is -0.458 e. The first-order valence-corrected chi connectivity index (χ1v) is 11.1. The molecular weight excluding hydrogens is 356 g/mol. The molecule has 5 rings (SSSR count). The number of fused-ring (bicyclic) bond motifs is 5. The van der Waals surface area contributed by atoms with Crippen LogP contribution in [0.15, 0.2) is 11.6 Å². The van der Waals surface area contributed by atoms with E-state index in [1.54, 1.807) is 6.08 Å². The fourth-order valence-corrected chi connectivity index (χ4v) is 8.43. The van der Waals surface area contributed by atoms with Crippen LogP contribution in [-0.4, -0.2) is 45.7 Å². The van der Waals surface area contributed by atoms with Gasteiger partial charge in [0.1, 0.15) is 6.61 Å². The van der Waals surface area contributed by atoms with Crippen molar-refractivity contribution in [3.8, 4) is 0 Å². The van der Waals surface area contributed by atoms with Crippen LogP contribution < -0.4 is 0 Å². The maximum Gasteiger partial charge on any atom is 0.331 e. The number of rotatable bonds is 1. The monoisotopic (exact) mass is 390 g/mol. The number of carbonyl (C=O) groups is 1. The zero-order chi connectivity index (χ0) is 19.9. The predicted octanol–water partition coefficient (Wildman–Crippen LogP) is 2.58. The van der Waals surface area contributed by atoms with Crippen molar-refractivity contribution in [2.45, 2.75) is 83.0 Å². The molecular formula is C23H34O5. The Morgan fingerprint density at radius 3 is 2.54 bits per heavy atom. The summed E-state index contributed by atoms with van der Waals surface area (Å²) >= 11 is 0. The fourth-order valence-electron chi connectivity index (χ4n) is 8.43. The molecule has 156 valence electrons. The van der Waals surface area contributed by atoms with Crippen molar-refractivity contribution >= 4 is 5.97 Å². The molecule has 0 bridgehead atoms. The van der Waals surface area contributed by atoms with Crippen LogP contribution in [-0.2, 0) is 9.53 Å². The molecule has 9 atom stereocenters. The molecule has 1 aliphatic heterocycles. The van der Waals surface area contributed by atoms with E-state index in [0.717, 1.165) is 44.1 Å². The summed E-state index contributed by atoms with van der Waals surface area (Å²) in [5, 5.41) is 32.7. The number of cyclic esters (lactones) is 1. The van der Waals surface area contributed by atoms with Gasteiger partial charge in [-0.1, -0.05) is 13.8 Å². The molecule has 0 saturated heterocycles. The average Bonchev–Trinajstić information content (AvgIpc) is 3.17. The first-order valence-electron chi connectivity index (χ1n) is 11.1. The second-order valence-electron chi connectivity index (χ2n) is 10.9. The van der Waals surface area contributed by atoms with E-state index in [1.807, 2.05) is 0 Å². The van der Waals surface area contributed by atoms with E-state index in [0.29, 0.717) is 31.3 Å². The third-order valence-corrected chi connectivity index (χ3v) is 10.0. The number of ether oxygens (including phenoxy) is 1. The fraction of sp³-hybridized carbons (Fsp3) is 0.870. The van der Waals surface area contributed by atoms with Gasteiger partial charge in [-0.15, -0.1) is 0 Å². The van der Waals surface area contributed by atoms with Gasteiger partial charge in [-0.25, -0.2) is 4.79 Å². The molecule has 4 aliphatic carbocycles. The lowest BCUT2D eigenvalue weighted by molar-refractivity contribution is -0.218. The highest BCUT2D eigenvalue weighted by molar-refractivity contribution is 5.85. The summed E-state index contributed by atoms with van der Waals surface area (Å²) in [5.41, 5.74) is 0.118. The van der Waals surface area contributed by atoms with E-state index >= 15 is 0 Å². The van der Waals surface area contributed by atoms with Crippen molar-refractivity contribution in [1.29, 1.82) is 0 Å². The standard InChI is InChI=1S/C23H34O5/c1-21-11-19(25)18(24)10-14(21)3-4-17-16(21)5-7-22(2)15(6-8-23(17,22)27)13-9-20(26)28-12-13/h9,14-19,24-25,27H,3-8,10-12H2,1-2H3/t14-,15-,16+,17-,18+,19?,21+,22-,23+/m1/s1. The number of aliphatic hydroxyl groups excluding tert-OH is 2. The van der Waals surface area contributed by atoms with Gasteiger partial charge in [0.2, 0.25) is 0 Å². The normalized spacial score (nSPS) is 55.8. The van der Waals surface area contributed by atoms with Crippen LogP contribution in [0, 0.1) is 34.5 Å². The Bertz CT molecular complexity index is 718. The smallest absolute Gasteiger partial charge is 0.331 e. The van der Waals surface area contributed by atoms with E-state index < -0.39 is 17.8 Å². The van der Waals surface area contributed by atoms with Crippen molar-refractivity contribution in [1.82, 2.24) is 0 Å². The Balaban J connectivity index is 1.47. The van der Waals surface area contributed by atoms with Crippen molar-refractivity contribution in [2.24, 2.45) is 34.5 Å². The van der Waals surface area contributed by atoms with E-state index in [1.165, 1.54) is 0 Å². The number of esters is 1. The van der Waals surface area contributed by atoms with Gasteiger partial charge in [0.15, 0.2) is 0 Å². The molecule has 4 saturated carbocycles. The number of carbonyl (C=O) groups excluding carboxylic acids is 1. The van der Waals surface area contributed by atoms with Crippen LogP contribution in [0.4, 0.5) is 0 Å². The molecule has 1 heterocycles. The van der Waals surface area contributed by atoms with Gasteiger partial charge in [-0.05, 0) is 86.0 Å². The summed E-state index contributed by atoms with van der Waals surface area (Å²) in [6, 6.07) is 0. The first-order chi connectivity index (χ1) is 13.2. The lowest BCUT2D eigenvalue weighted by Crippen LogP contribution is -2.63. The Labute approximate surface area is 167 Å². The number of aliphatic hydroxyl groups is 3. The highest BCUT2D eigenvalue weighted by Crippen LogP contribution is 2.69. The summed E-state index contributed by atoms with van der Waals surface area (Å²) in [5.74, 6) is 1.03. The average molecular weight is 391 g/mol. The minimum absolute atomic E-state index is 0.0115. The molecule has 0 radical (unpaired) electrons. The Hall–Kier alpha value is -0.910. The van der Waals surface area contributed by atoms with Crippen LogP contribution in [0.3, 0.4) is 0 Å². The third kappa shape index (κ3) is 2.33. The van der Waals surface area contributed by atoms with E-state index in [4.69, 9.17) is 4.74 Å². The predicted molar refractivity (Wildman–Crippen MR) is 103 cm³/mol. The lowest BCUT2D eigenvalue weighted by Gasteiger charge is -2.64. The Morgan fingerprint density at radius 2 is 1.82 bits per heavy atom. The SMILES string of the molecule is C[C@]12CC(O)[C@@H](O)C[C@H]1CC[C@@H]1[C@@H]2CC[C@]2(C)[C@@H](C3=CC(=O)OC3)CC[C@]12O. The van der Waals surface area contributed by atoms with Crippen LogP contribution in [0.5, 0.6) is 0 Å². The molecule has 4 fully saturated rings. The Morgan fingerprint density at radius 1 is 1.04 bits per heavy atom. The van der Waals surface area contributed by atoms with Gasteiger partial charge in [0.25, 0.3) is 0 Å². The quantitative estimate of drug-likeness (QED) is 0.599. The molecule has 0 aromatic rings. The summed E-state index contributed by atoms with van der Waals surface area (Å²) < 4.78 is 5.19. The van der Waals surface area contributed by atoms with Gasteiger partial charge in [-0.3, -0.25) is 0 Å². The summed E-state index contributed by atoms with van der Waals surface area (Å²) in [7, 11) is 0. The maximum atomic E-state index is 12.1. The van der Waals surface area contributed by atoms with Crippen molar-refractivity contribution in [3.05, 3.63) is 11.6 Å². The molecule has 5 heteroatoms. The second kappa shape index (κ2) is 6.05. The highest BCUT2D eigenvalue weighted by atomic mass is 16.5. The van der Waals surface area contributed by atoms with Crippen molar-refractivity contribution in [3.63, 3.8) is 0 Å². The van der Waals surface area contributed by atoms with E-state index in [2.05, 4.69) is 13.8 Å². The molecule has 28 heavy (non-hydrogen) atoms. The van der Waals surface area contributed by atoms with Gasteiger partial charge >= 0.3 is 5.97 Å². The van der Waals surface area contributed by atoms with Gasteiger partial charge < -0.3 is 20.1 Å². The molecule has 3 N–H and O–H groups in total. The van der Waals surface area contributed by atoms with Crippen LogP contribution in [0.1, 0.15) is 65.2 Å².